The molecule has 0 aliphatic carbocycles. The van der Waals surface area contributed by atoms with E-state index < -0.39 is 0 Å². The van der Waals surface area contributed by atoms with Crippen LogP contribution in [0.3, 0.4) is 0 Å². The molecular formula is C8H9OP. The highest BCUT2D eigenvalue weighted by Crippen LogP contribution is 2.23. The molecule has 0 aromatic heterocycles. The van der Waals surface area contributed by atoms with Gasteiger partial charge >= 0.3 is 0 Å². The van der Waals surface area contributed by atoms with Gasteiger partial charge in [-0.15, -0.1) is 9.24 Å². The van der Waals surface area contributed by atoms with Crippen molar-refractivity contribution in [3.8, 4) is 5.75 Å². The predicted molar refractivity (Wildman–Crippen MR) is 45.0 cm³/mol. The molecule has 0 radical (unpaired) electrons. The van der Waals surface area contributed by atoms with Crippen LogP contribution >= 0.6 is 9.24 Å². The second-order valence-electron chi connectivity index (χ2n) is 2.47. The smallest absolute Gasteiger partial charge is 0.122 e. The summed E-state index contributed by atoms with van der Waals surface area (Å²) in [5.74, 6) is 1.06. The maximum Gasteiger partial charge on any atom is 0.122 e. The molecule has 0 N–H and O–H groups in total. The zero-order valence-electron chi connectivity index (χ0n) is 5.63. The van der Waals surface area contributed by atoms with Gasteiger partial charge in [0.15, 0.2) is 0 Å². The second kappa shape index (κ2) is 2.25. The van der Waals surface area contributed by atoms with Crippen molar-refractivity contribution in [2.45, 2.75) is 6.42 Å². The van der Waals surface area contributed by atoms with Gasteiger partial charge in [-0.1, -0.05) is 6.07 Å². The third kappa shape index (κ3) is 0.911. The summed E-state index contributed by atoms with van der Waals surface area (Å²) in [6.45, 7) is 0.851. The highest BCUT2D eigenvalue weighted by Gasteiger charge is 2.10. The Balaban J connectivity index is 2.52. The van der Waals surface area contributed by atoms with Gasteiger partial charge in [-0.2, -0.15) is 0 Å². The average molecular weight is 152 g/mol. The SMILES string of the molecule is Pc1ccc2c(c1)CCO2. The van der Waals surface area contributed by atoms with E-state index in [1.54, 1.807) is 0 Å². The Labute approximate surface area is 62.6 Å². The number of ether oxygens (including phenoxy) is 1. The van der Waals surface area contributed by atoms with E-state index in [9.17, 15) is 0 Å². The third-order valence-corrected chi connectivity index (χ3v) is 2.07. The molecule has 52 valence electrons. The Hall–Kier alpha value is -0.550. The number of hydrogen-bond donors (Lipinski definition) is 0. The molecule has 1 heterocycles. The highest BCUT2D eigenvalue weighted by molar-refractivity contribution is 7.27. The van der Waals surface area contributed by atoms with Crippen molar-refractivity contribution in [1.29, 1.82) is 0 Å². The number of hydrogen-bond acceptors (Lipinski definition) is 1. The van der Waals surface area contributed by atoms with Crippen LogP contribution in [0, 0.1) is 0 Å². The summed E-state index contributed by atoms with van der Waals surface area (Å²) < 4.78 is 5.34. The molecule has 1 nitrogen and oxygen atoms in total. The third-order valence-electron chi connectivity index (χ3n) is 1.71. The lowest BCUT2D eigenvalue weighted by molar-refractivity contribution is 0.357. The monoisotopic (exact) mass is 152 g/mol. The molecule has 1 aliphatic heterocycles. The van der Waals surface area contributed by atoms with Crippen LogP contribution in [-0.4, -0.2) is 6.61 Å². The Kier molecular flexibility index (Phi) is 1.39. The van der Waals surface area contributed by atoms with Gasteiger partial charge in [0, 0.05) is 6.42 Å². The van der Waals surface area contributed by atoms with Crippen LogP contribution in [0.2, 0.25) is 0 Å². The van der Waals surface area contributed by atoms with Crippen LogP contribution < -0.4 is 10.0 Å². The first-order valence-corrected chi connectivity index (χ1v) is 3.95. The first-order valence-electron chi connectivity index (χ1n) is 3.37. The summed E-state index contributed by atoms with van der Waals surface area (Å²) in [4.78, 5) is 0. The standard InChI is InChI=1S/C8H9OP/c10-7-1-2-8-6(5-7)3-4-9-8/h1-2,5H,3-4,10H2. The Morgan fingerprint density at radius 3 is 3.20 bits per heavy atom. The van der Waals surface area contributed by atoms with Crippen molar-refractivity contribution in [1.82, 2.24) is 0 Å². The maximum atomic E-state index is 5.34. The van der Waals surface area contributed by atoms with E-state index in [1.165, 1.54) is 10.9 Å². The van der Waals surface area contributed by atoms with Crippen molar-refractivity contribution in [3.05, 3.63) is 23.8 Å². The van der Waals surface area contributed by atoms with Crippen molar-refractivity contribution in [2.75, 3.05) is 6.61 Å². The molecule has 10 heavy (non-hydrogen) atoms. The molecule has 0 saturated carbocycles. The normalized spacial score (nSPS) is 14.5. The van der Waals surface area contributed by atoms with E-state index in [1.807, 2.05) is 6.07 Å². The molecule has 0 spiro atoms. The lowest BCUT2D eigenvalue weighted by Gasteiger charge is -1.97. The Morgan fingerprint density at radius 1 is 1.40 bits per heavy atom. The van der Waals surface area contributed by atoms with E-state index in [2.05, 4.69) is 21.4 Å². The Bertz CT molecular complexity index is 257. The van der Waals surface area contributed by atoms with Crippen LogP contribution in [-0.2, 0) is 6.42 Å². The first kappa shape index (κ1) is 6.18. The molecule has 1 aliphatic rings. The zero-order valence-corrected chi connectivity index (χ0v) is 6.79. The van der Waals surface area contributed by atoms with Gasteiger partial charge in [-0.05, 0) is 23.0 Å². The fraction of sp³-hybridized carbons (Fsp3) is 0.250. The minimum Gasteiger partial charge on any atom is -0.493 e. The first-order chi connectivity index (χ1) is 4.86. The average Bonchev–Trinajstić information content (AvgIpc) is 2.33. The van der Waals surface area contributed by atoms with Crippen LogP contribution in [0.15, 0.2) is 18.2 Å². The van der Waals surface area contributed by atoms with Crippen molar-refractivity contribution < 1.29 is 4.74 Å². The highest BCUT2D eigenvalue weighted by atomic mass is 31.0. The molecule has 1 aromatic carbocycles. The van der Waals surface area contributed by atoms with Gasteiger partial charge in [-0.3, -0.25) is 0 Å². The molecule has 2 heteroatoms. The van der Waals surface area contributed by atoms with Gasteiger partial charge < -0.3 is 4.74 Å². The van der Waals surface area contributed by atoms with E-state index in [4.69, 9.17) is 4.74 Å². The molecule has 1 atom stereocenters. The van der Waals surface area contributed by atoms with Crippen molar-refractivity contribution in [2.24, 2.45) is 0 Å². The van der Waals surface area contributed by atoms with Crippen LogP contribution in [0.4, 0.5) is 0 Å². The van der Waals surface area contributed by atoms with Gasteiger partial charge in [-0.25, -0.2) is 0 Å². The number of rotatable bonds is 0. The van der Waals surface area contributed by atoms with Gasteiger partial charge in [0.05, 0.1) is 6.61 Å². The van der Waals surface area contributed by atoms with E-state index in [0.717, 1.165) is 18.8 Å². The topological polar surface area (TPSA) is 9.23 Å². The summed E-state index contributed by atoms with van der Waals surface area (Å²) in [5, 5.41) is 1.24. The quantitative estimate of drug-likeness (QED) is 0.506. The van der Waals surface area contributed by atoms with Gasteiger partial charge in [0.25, 0.3) is 0 Å². The van der Waals surface area contributed by atoms with E-state index >= 15 is 0 Å². The molecule has 2 rings (SSSR count). The van der Waals surface area contributed by atoms with Crippen molar-refractivity contribution >= 4 is 14.5 Å². The largest absolute Gasteiger partial charge is 0.493 e. The lowest BCUT2D eigenvalue weighted by atomic mass is 10.2. The Morgan fingerprint density at radius 2 is 2.30 bits per heavy atom. The fourth-order valence-electron chi connectivity index (χ4n) is 1.21. The second-order valence-corrected chi connectivity index (χ2v) is 3.13. The van der Waals surface area contributed by atoms with E-state index in [-0.39, 0.29) is 0 Å². The molecule has 0 saturated heterocycles. The summed E-state index contributed by atoms with van der Waals surface area (Å²) >= 11 is 0. The van der Waals surface area contributed by atoms with Crippen LogP contribution in [0.1, 0.15) is 5.56 Å². The van der Waals surface area contributed by atoms with Crippen LogP contribution in [0.25, 0.3) is 0 Å². The summed E-state index contributed by atoms with van der Waals surface area (Å²) in [6, 6.07) is 6.24. The van der Waals surface area contributed by atoms with Gasteiger partial charge in [0.2, 0.25) is 0 Å². The van der Waals surface area contributed by atoms with Crippen molar-refractivity contribution in [3.63, 3.8) is 0 Å². The lowest BCUT2D eigenvalue weighted by Crippen LogP contribution is -1.89. The molecule has 0 bridgehead atoms. The van der Waals surface area contributed by atoms with Crippen LogP contribution in [0.5, 0.6) is 5.75 Å². The minimum absolute atomic E-state index is 0.851. The molecule has 1 unspecified atom stereocenters. The molecule has 1 aromatic rings. The van der Waals surface area contributed by atoms with E-state index in [0.29, 0.717) is 0 Å². The predicted octanol–water partition coefficient (Wildman–Crippen LogP) is 1.12. The van der Waals surface area contributed by atoms with Gasteiger partial charge in [0.1, 0.15) is 5.75 Å². The molecular weight excluding hydrogens is 143 g/mol. The fourth-order valence-corrected chi connectivity index (χ4v) is 1.50. The number of fused-ring (bicyclic) bond motifs is 1. The summed E-state index contributed by atoms with van der Waals surface area (Å²) in [5.41, 5.74) is 1.34. The number of benzene rings is 1. The molecule has 0 fully saturated rings. The maximum absolute atomic E-state index is 5.34. The zero-order chi connectivity index (χ0) is 6.97. The minimum atomic E-state index is 0.851. The molecule has 0 amide bonds. The summed E-state index contributed by atoms with van der Waals surface area (Å²) in [6.07, 6.45) is 1.07. The summed E-state index contributed by atoms with van der Waals surface area (Å²) in [7, 11) is 2.69.